The van der Waals surface area contributed by atoms with E-state index < -0.39 is 0 Å². The van der Waals surface area contributed by atoms with E-state index in [0.29, 0.717) is 17.9 Å². The van der Waals surface area contributed by atoms with E-state index in [1.54, 1.807) is 0 Å². The van der Waals surface area contributed by atoms with Crippen LogP contribution in [0.1, 0.15) is 31.2 Å². The summed E-state index contributed by atoms with van der Waals surface area (Å²) in [7, 11) is 1.95. The Morgan fingerprint density at radius 2 is 1.84 bits per heavy atom. The molecule has 1 aromatic carbocycles. The third-order valence-corrected chi connectivity index (χ3v) is 5.17. The molecule has 3 rings (SSSR count). The molecule has 1 aliphatic carbocycles. The number of hydrogen-bond donors (Lipinski definition) is 1. The number of benzene rings is 1. The Morgan fingerprint density at radius 3 is 2.44 bits per heavy atom. The lowest BCUT2D eigenvalue weighted by atomic mass is 9.90. The van der Waals surface area contributed by atoms with E-state index in [1.807, 2.05) is 16.8 Å². The van der Waals surface area contributed by atoms with Crippen molar-refractivity contribution in [1.29, 1.82) is 0 Å². The van der Waals surface area contributed by atoms with Crippen LogP contribution in [0, 0.1) is 5.92 Å². The van der Waals surface area contributed by atoms with Crippen LogP contribution in [0.15, 0.2) is 35.3 Å². The Morgan fingerprint density at radius 1 is 1.20 bits per heavy atom. The van der Waals surface area contributed by atoms with Gasteiger partial charge in [0, 0.05) is 26.2 Å². The minimum Gasteiger partial charge on any atom is -0.370 e. The van der Waals surface area contributed by atoms with Crippen LogP contribution in [0.25, 0.3) is 0 Å². The van der Waals surface area contributed by atoms with Crippen LogP contribution in [0.4, 0.5) is 0 Å². The zero-order valence-electron chi connectivity index (χ0n) is 14.9. The van der Waals surface area contributed by atoms with Crippen LogP contribution >= 0.6 is 24.0 Å². The van der Waals surface area contributed by atoms with Gasteiger partial charge < -0.3 is 15.5 Å². The fourth-order valence-corrected chi connectivity index (χ4v) is 3.34. The quantitative estimate of drug-likeness (QED) is 0.421. The standard InChI is InChI=1S/C19H28N4O.HI/c1-22(17-7-8-17)19(20)21-14-18(24)23-11-9-16(10-12-23)13-15-5-3-2-4-6-15;/h2-6,16-17H,7-14H2,1H3,(H2,20,21);1H. The first-order chi connectivity index (χ1) is 11.6. The topological polar surface area (TPSA) is 61.9 Å². The summed E-state index contributed by atoms with van der Waals surface area (Å²) >= 11 is 0. The van der Waals surface area contributed by atoms with Crippen LogP contribution in [0.3, 0.4) is 0 Å². The van der Waals surface area contributed by atoms with E-state index in [4.69, 9.17) is 5.73 Å². The van der Waals surface area contributed by atoms with E-state index in [0.717, 1.165) is 32.4 Å². The van der Waals surface area contributed by atoms with Gasteiger partial charge in [0.05, 0.1) is 0 Å². The number of rotatable bonds is 5. The van der Waals surface area contributed by atoms with Crippen molar-refractivity contribution in [3.63, 3.8) is 0 Å². The maximum Gasteiger partial charge on any atom is 0.244 e. The number of likely N-dealkylation sites (tertiary alicyclic amines) is 1. The Bertz CT molecular complexity index is 580. The van der Waals surface area contributed by atoms with Crippen molar-refractivity contribution in [1.82, 2.24) is 9.80 Å². The van der Waals surface area contributed by atoms with E-state index in [2.05, 4.69) is 35.3 Å². The van der Waals surface area contributed by atoms with Crippen LogP contribution < -0.4 is 5.73 Å². The molecule has 2 aliphatic rings. The second kappa shape index (κ2) is 9.40. The van der Waals surface area contributed by atoms with Crippen LogP contribution in [-0.2, 0) is 11.2 Å². The molecule has 5 nitrogen and oxygen atoms in total. The molecule has 25 heavy (non-hydrogen) atoms. The first-order valence-electron chi connectivity index (χ1n) is 8.98. The molecule has 2 fully saturated rings. The Labute approximate surface area is 167 Å². The number of carbonyl (C=O) groups is 1. The van der Waals surface area contributed by atoms with Gasteiger partial charge in [0.1, 0.15) is 6.54 Å². The molecule has 1 amide bonds. The van der Waals surface area contributed by atoms with Crippen LogP contribution in [-0.4, -0.2) is 54.4 Å². The number of hydrogen-bond acceptors (Lipinski definition) is 2. The summed E-state index contributed by atoms with van der Waals surface area (Å²) in [4.78, 5) is 20.5. The first kappa shape index (κ1) is 20.0. The molecule has 0 spiro atoms. The smallest absolute Gasteiger partial charge is 0.244 e. The molecular formula is C19H29IN4O. The monoisotopic (exact) mass is 456 g/mol. The summed E-state index contributed by atoms with van der Waals surface area (Å²) in [5, 5.41) is 0. The van der Waals surface area contributed by atoms with Gasteiger partial charge in [-0.25, -0.2) is 4.99 Å². The normalized spacial score (nSPS) is 18.6. The van der Waals surface area contributed by atoms with Gasteiger partial charge in [0.15, 0.2) is 5.96 Å². The molecule has 0 atom stereocenters. The predicted octanol–water partition coefficient (Wildman–Crippen LogP) is 2.49. The van der Waals surface area contributed by atoms with Gasteiger partial charge >= 0.3 is 0 Å². The van der Waals surface area contributed by atoms with Crippen molar-refractivity contribution < 1.29 is 4.79 Å². The minimum atomic E-state index is 0. The highest BCUT2D eigenvalue weighted by Gasteiger charge is 2.28. The van der Waals surface area contributed by atoms with Crippen molar-refractivity contribution in [3.05, 3.63) is 35.9 Å². The number of nitrogens with zero attached hydrogens (tertiary/aromatic N) is 3. The van der Waals surface area contributed by atoms with E-state index in [9.17, 15) is 4.79 Å². The predicted molar refractivity (Wildman–Crippen MR) is 112 cm³/mol. The lowest BCUT2D eigenvalue weighted by molar-refractivity contribution is -0.130. The van der Waals surface area contributed by atoms with Gasteiger partial charge in [-0.15, -0.1) is 24.0 Å². The van der Waals surface area contributed by atoms with Crippen molar-refractivity contribution in [2.45, 2.75) is 38.1 Å². The summed E-state index contributed by atoms with van der Waals surface area (Å²) in [6.45, 7) is 1.85. The highest BCUT2D eigenvalue weighted by atomic mass is 127. The fraction of sp³-hybridized carbons (Fsp3) is 0.579. The molecule has 2 N–H and O–H groups in total. The average molecular weight is 456 g/mol. The molecule has 1 heterocycles. The third-order valence-electron chi connectivity index (χ3n) is 5.17. The molecule has 0 bridgehead atoms. The number of nitrogens with two attached hydrogens (primary N) is 1. The number of carbonyl (C=O) groups excluding carboxylic acids is 1. The molecule has 6 heteroatoms. The van der Waals surface area contributed by atoms with Gasteiger partial charge in [-0.1, -0.05) is 30.3 Å². The average Bonchev–Trinajstić information content (AvgIpc) is 3.45. The molecule has 1 saturated heterocycles. The fourth-order valence-electron chi connectivity index (χ4n) is 3.34. The lowest BCUT2D eigenvalue weighted by Gasteiger charge is -2.32. The SMILES string of the molecule is CN(C(N)=NCC(=O)N1CCC(Cc2ccccc2)CC1)C1CC1.I. The van der Waals surface area contributed by atoms with Crippen molar-refractivity contribution in [2.24, 2.45) is 16.6 Å². The third kappa shape index (κ3) is 5.87. The molecule has 1 aromatic rings. The van der Waals surface area contributed by atoms with E-state index in [-0.39, 0.29) is 36.4 Å². The largest absolute Gasteiger partial charge is 0.370 e. The lowest BCUT2D eigenvalue weighted by Crippen LogP contribution is -2.41. The highest BCUT2D eigenvalue weighted by molar-refractivity contribution is 14.0. The van der Waals surface area contributed by atoms with Gasteiger partial charge in [-0.05, 0) is 43.6 Å². The second-order valence-electron chi connectivity index (χ2n) is 7.03. The van der Waals surface area contributed by atoms with Gasteiger partial charge in [-0.3, -0.25) is 4.79 Å². The number of aliphatic imine (C=N–C) groups is 1. The summed E-state index contributed by atoms with van der Waals surface area (Å²) < 4.78 is 0. The Kier molecular flexibility index (Phi) is 7.53. The maximum absolute atomic E-state index is 12.3. The maximum atomic E-state index is 12.3. The number of piperidine rings is 1. The molecule has 0 unspecified atom stereocenters. The summed E-state index contributed by atoms with van der Waals surface area (Å²) in [5.74, 6) is 1.26. The zero-order valence-corrected chi connectivity index (χ0v) is 17.3. The first-order valence-corrected chi connectivity index (χ1v) is 8.98. The summed E-state index contributed by atoms with van der Waals surface area (Å²) in [6, 6.07) is 11.1. The molecule has 1 aliphatic heterocycles. The number of amides is 1. The highest BCUT2D eigenvalue weighted by Crippen LogP contribution is 2.25. The van der Waals surface area contributed by atoms with E-state index >= 15 is 0 Å². The van der Waals surface area contributed by atoms with Crippen molar-refractivity contribution in [3.8, 4) is 0 Å². The van der Waals surface area contributed by atoms with Crippen molar-refractivity contribution >= 4 is 35.8 Å². The molecule has 138 valence electrons. The van der Waals surface area contributed by atoms with Gasteiger partial charge in [-0.2, -0.15) is 0 Å². The summed E-state index contributed by atoms with van der Waals surface area (Å²) in [6.07, 6.45) is 5.61. The van der Waals surface area contributed by atoms with Crippen molar-refractivity contribution in [2.75, 3.05) is 26.7 Å². The van der Waals surface area contributed by atoms with Gasteiger partial charge in [0.2, 0.25) is 5.91 Å². The van der Waals surface area contributed by atoms with Gasteiger partial charge in [0.25, 0.3) is 0 Å². The second-order valence-corrected chi connectivity index (χ2v) is 7.03. The summed E-state index contributed by atoms with van der Waals surface area (Å²) in [5.41, 5.74) is 7.34. The van der Waals surface area contributed by atoms with Crippen LogP contribution in [0.2, 0.25) is 0 Å². The zero-order chi connectivity index (χ0) is 16.9. The van der Waals surface area contributed by atoms with Crippen LogP contribution in [0.5, 0.6) is 0 Å². The Balaban J connectivity index is 0.00000225. The van der Waals surface area contributed by atoms with E-state index in [1.165, 1.54) is 18.4 Å². The molecule has 0 aromatic heterocycles. The number of guanidine groups is 1. The minimum absolute atomic E-state index is 0. The Hall–Kier alpha value is -1.31. The molecule has 0 radical (unpaired) electrons. The number of halogens is 1. The molecular weight excluding hydrogens is 427 g/mol. The molecule has 1 saturated carbocycles.